The van der Waals surface area contributed by atoms with Crippen LogP contribution in [-0.4, -0.2) is 21.9 Å². The van der Waals surface area contributed by atoms with Gasteiger partial charge < -0.3 is 9.67 Å². The Balaban J connectivity index is 2.79. The molecule has 1 N–H and O–H groups in total. The monoisotopic (exact) mass is 323 g/mol. The molecular formula is C14H14BrNO3. The van der Waals surface area contributed by atoms with Gasteiger partial charge in [-0.1, -0.05) is 13.8 Å². The molecule has 0 radical (unpaired) electrons. The summed E-state index contributed by atoms with van der Waals surface area (Å²) in [6.07, 6.45) is 0.756. The molecule has 1 aromatic heterocycles. The van der Waals surface area contributed by atoms with Crippen molar-refractivity contribution in [2.24, 2.45) is 5.92 Å². The molecule has 2 rings (SSSR count). The maximum Gasteiger partial charge on any atom is 0.353 e. The smallest absolute Gasteiger partial charge is 0.353 e. The Bertz CT molecular complexity index is 658. The van der Waals surface area contributed by atoms with Crippen LogP contribution in [0.3, 0.4) is 0 Å². The fraction of sp³-hybridized carbons (Fsp3) is 0.286. The lowest BCUT2D eigenvalue weighted by Gasteiger charge is -2.11. The number of aromatic nitrogens is 1. The molecule has 0 aliphatic heterocycles. The Morgan fingerprint density at radius 3 is 2.68 bits per heavy atom. The van der Waals surface area contributed by atoms with Crippen LogP contribution in [0.4, 0.5) is 0 Å². The molecule has 0 fully saturated rings. The molecule has 0 aliphatic carbocycles. The molecule has 4 nitrogen and oxygen atoms in total. The molecule has 100 valence electrons. The van der Waals surface area contributed by atoms with E-state index in [-0.39, 0.29) is 5.69 Å². The number of rotatable bonds is 4. The number of benzene rings is 1. The molecule has 1 heterocycles. The maximum atomic E-state index is 11.4. The third-order valence-electron chi connectivity index (χ3n) is 2.91. The zero-order valence-electron chi connectivity index (χ0n) is 10.7. The van der Waals surface area contributed by atoms with Gasteiger partial charge in [0.05, 0.1) is 4.47 Å². The van der Waals surface area contributed by atoms with Gasteiger partial charge >= 0.3 is 5.97 Å². The minimum atomic E-state index is -0.976. The van der Waals surface area contributed by atoms with Crippen molar-refractivity contribution in [2.75, 3.05) is 0 Å². The molecule has 0 bridgehead atoms. The van der Waals surface area contributed by atoms with Gasteiger partial charge in [-0.25, -0.2) is 4.79 Å². The average Bonchev–Trinajstić information content (AvgIpc) is 2.61. The number of carbonyl (C=O) groups excluding carboxylic acids is 1. The highest BCUT2D eigenvalue weighted by Crippen LogP contribution is 2.32. The number of hydrogen-bond donors (Lipinski definition) is 1. The number of carboxylic acids is 1. The second kappa shape index (κ2) is 5.17. The van der Waals surface area contributed by atoms with E-state index in [1.165, 1.54) is 0 Å². The van der Waals surface area contributed by atoms with E-state index in [0.717, 1.165) is 17.2 Å². The van der Waals surface area contributed by atoms with Gasteiger partial charge in [0, 0.05) is 23.0 Å². The number of carboxylic acid groups (broad SMARTS) is 1. The van der Waals surface area contributed by atoms with Gasteiger partial charge in [0.2, 0.25) is 0 Å². The molecule has 0 amide bonds. The molecule has 0 aliphatic rings. The Morgan fingerprint density at radius 2 is 2.16 bits per heavy atom. The number of nitrogens with zero attached hydrogens (tertiary/aromatic N) is 1. The van der Waals surface area contributed by atoms with Crippen molar-refractivity contribution in [3.05, 3.63) is 33.9 Å². The Labute approximate surface area is 119 Å². The highest BCUT2D eigenvalue weighted by molar-refractivity contribution is 9.10. The van der Waals surface area contributed by atoms with E-state index in [1.807, 2.05) is 13.8 Å². The summed E-state index contributed by atoms with van der Waals surface area (Å²) in [5.41, 5.74) is 1.59. The van der Waals surface area contributed by atoms with Crippen LogP contribution in [0.1, 0.15) is 34.7 Å². The fourth-order valence-corrected chi connectivity index (χ4v) is 2.87. The average molecular weight is 324 g/mol. The van der Waals surface area contributed by atoms with Gasteiger partial charge in [-0.2, -0.15) is 0 Å². The van der Waals surface area contributed by atoms with Crippen LogP contribution < -0.4 is 0 Å². The van der Waals surface area contributed by atoms with E-state index >= 15 is 0 Å². The first-order valence-corrected chi connectivity index (χ1v) is 6.75. The Morgan fingerprint density at radius 1 is 1.47 bits per heavy atom. The minimum Gasteiger partial charge on any atom is -0.477 e. The van der Waals surface area contributed by atoms with Crippen molar-refractivity contribution in [3.63, 3.8) is 0 Å². The molecule has 0 saturated heterocycles. The molecule has 0 atom stereocenters. The SMILES string of the molecule is CC(C)Cn1c(C(=O)O)c(Br)c2cc(C=O)ccc21. The topological polar surface area (TPSA) is 59.3 Å². The summed E-state index contributed by atoms with van der Waals surface area (Å²) >= 11 is 3.34. The third-order valence-corrected chi connectivity index (χ3v) is 3.71. The first-order chi connectivity index (χ1) is 8.95. The van der Waals surface area contributed by atoms with Gasteiger partial charge in [-0.3, -0.25) is 4.79 Å². The number of hydrogen-bond acceptors (Lipinski definition) is 2. The van der Waals surface area contributed by atoms with Crippen LogP contribution in [0.25, 0.3) is 10.9 Å². The summed E-state index contributed by atoms with van der Waals surface area (Å²) in [4.78, 5) is 22.3. The fourth-order valence-electron chi connectivity index (χ4n) is 2.17. The predicted molar refractivity (Wildman–Crippen MR) is 76.8 cm³/mol. The number of carbonyl (C=O) groups is 2. The van der Waals surface area contributed by atoms with Crippen molar-refractivity contribution in [3.8, 4) is 0 Å². The second-order valence-electron chi connectivity index (χ2n) is 4.87. The third kappa shape index (κ3) is 2.42. The highest BCUT2D eigenvalue weighted by atomic mass is 79.9. The lowest BCUT2D eigenvalue weighted by molar-refractivity contribution is 0.0683. The van der Waals surface area contributed by atoms with Gasteiger partial charge in [-0.05, 0) is 40.0 Å². The van der Waals surface area contributed by atoms with E-state index in [4.69, 9.17) is 0 Å². The standard InChI is InChI=1S/C14H14BrNO3/c1-8(2)6-16-11-4-3-9(7-17)5-10(11)12(15)13(16)14(18)19/h3-5,7-8H,6H2,1-2H3,(H,18,19). The van der Waals surface area contributed by atoms with E-state index in [1.54, 1.807) is 22.8 Å². The van der Waals surface area contributed by atoms with E-state index in [2.05, 4.69) is 15.9 Å². The normalized spacial score (nSPS) is 11.2. The number of fused-ring (bicyclic) bond motifs is 1. The first kappa shape index (κ1) is 13.8. The Kier molecular flexibility index (Phi) is 3.75. The Hall–Kier alpha value is -1.62. The molecule has 0 unspecified atom stereocenters. The largest absolute Gasteiger partial charge is 0.477 e. The quantitative estimate of drug-likeness (QED) is 0.875. The van der Waals surface area contributed by atoms with Crippen molar-refractivity contribution in [1.82, 2.24) is 4.57 Å². The van der Waals surface area contributed by atoms with Crippen molar-refractivity contribution in [2.45, 2.75) is 20.4 Å². The lowest BCUT2D eigenvalue weighted by atomic mass is 10.1. The zero-order valence-corrected chi connectivity index (χ0v) is 12.3. The molecule has 19 heavy (non-hydrogen) atoms. The highest BCUT2D eigenvalue weighted by Gasteiger charge is 2.21. The van der Waals surface area contributed by atoms with Crippen LogP contribution in [-0.2, 0) is 6.54 Å². The van der Waals surface area contributed by atoms with Gasteiger partial charge in [0.1, 0.15) is 12.0 Å². The van der Waals surface area contributed by atoms with Crippen LogP contribution in [0.2, 0.25) is 0 Å². The first-order valence-electron chi connectivity index (χ1n) is 5.96. The van der Waals surface area contributed by atoms with E-state index in [9.17, 15) is 14.7 Å². The second-order valence-corrected chi connectivity index (χ2v) is 5.66. The van der Waals surface area contributed by atoms with Crippen LogP contribution in [0.15, 0.2) is 22.7 Å². The summed E-state index contributed by atoms with van der Waals surface area (Å²) in [6.45, 7) is 4.68. The predicted octanol–water partition coefficient (Wildman–Crippen LogP) is 3.57. The van der Waals surface area contributed by atoms with E-state index < -0.39 is 5.97 Å². The molecule has 5 heteroatoms. The number of halogens is 1. The molecule has 2 aromatic rings. The molecule has 0 spiro atoms. The summed E-state index contributed by atoms with van der Waals surface area (Å²) in [5, 5.41) is 10.1. The molecule has 1 aromatic carbocycles. The molecular weight excluding hydrogens is 310 g/mol. The summed E-state index contributed by atoms with van der Waals surface area (Å²) < 4.78 is 2.31. The number of aldehydes is 1. The minimum absolute atomic E-state index is 0.228. The zero-order chi connectivity index (χ0) is 14.2. The maximum absolute atomic E-state index is 11.4. The van der Waals surface area contributed by atoms with Crippen molar-refractivity contribution >= 4 is 39.1 Å². The van der Waals surface area contributed by atoms with Crippen molar-refractivity contribution < 1.29 is 14.7 Å². The van der Waals surface area contributed by atoms with E-state index in [0.29, 0.717) is 22.5 Å². The lowest BCUT2D eigenvalue weighted by Crippen LogP contribution is -2.12. The van der Waals surface area contributed by atoms with Crippen LogP contribution in [0.5, 0.6) is 0 Å². The van der Waals surface area contributed by atoms with Crippen molar-refractivity contribution in [1.29, 1.82) is 0 Å². The van der Waals surface area contributed by atoms with Gasteiger partial charge in [0.15, 0.2) is 0 Å². The summed E-state index contributed by atoms with van der Waals surface area (Å²) in [6, 6.07) is 5.19. The van der Waals surface area contributed by atoms with Gasteiger partial charge in [0.25, 0.3) is 0 Å². The van der Waals surface area contributed by atoms with Crippen LogP contribution in [0, 0.1) is 5.92 Å². The van der Waals surface area contributed by atoms with Gasteiger partial charge in [-0.15, -0.1) is 0 Å². The molecule has 0 saturated carbocycles. The summed E-state index contributed by atoms with van der Waals surface area (Å²) in [7, 11) is 0. The summed E-state index contributed by atoms with van der Waals surface area (Å²) in [5.74, 6) is -0.650. The number of aromatic carboxylic acids is 1. The van der Waals surface area contributed by atoms with Crippen LogP contribution >= 0.6 is 15.9 Å².